The van der Waals surface area contributed by atoms with Crippen LogP contribution in [0.1, 0.15) is 25.7 Å². The van der Waals surface area contributed by atoms with Crippen LogP contribution in [0.2, 0.25) is 0 Å². The lowest BCUT2D eigenvalue weighted by molar-refractivity contribution is 0.151. The van der Waals surface area contributed by atoms with Gasteiger partial charge in [0.05, 0.1) is 0 Å². The SMILES string of the molecule is COCCCNC1CCN(CCCOC)CC1. The van der Waals surface area contributed by atoms with Crippen LogP contribution in [0.5, 0.6) is 0 Å². The zero-order valence-corrected chi connectivity index (χ0v) is 11.4. The third kappa shape index (κ3) is 6.99. The number of rotatable bonds is 9. The maximum absolute atomic E-state index is 5.08. The Morgan fingerprint density at radius 3 is 2.35 bits per heavy atom. The van der Waals surface area contributed by atoms with Crippen LogP contribution in [-0.2, 0) is 9.47 Å². The fraction of sp³-hybridized carbons (Fsp3) is 1.00. The Hall–Kier alpha value is -0.160. The van der Waals surface area contributed by atoms with E-state index in [-0.39, 0.29) is 0 Å². The van der Waals surface area contributed by atoms with Gasteiger partial charge in [0.15, 0.2) is 0 Å². The number of hydrogen-bond donors (Lipinski definition) is 1. The lowest BCUT2D eigenvalue weighted by Crippen LogP contribution is -2.43. The highest BCUT2D eigenvalue weighted by atomic mass is 16.5. The molecule has 102 valence electrons. The van der Waals surface area contributed by atoms with Gasteiger partial charge >= 0.3 is 0 Å². The van der Waals surface area contributed by atoms with Gasteiger partial charge < -0.3 is 19.7 Å². The largest absolute Gasteiger partial charge is 0.385 e. The number of hydrogen-bond acceptors (Lipinski definition) is 4. The third-order valence-corrected chi connectivity index (χ3v) is 3.37. The monoisotopic (exact) mass is 244 g/mol. The first kappa shape index (κ1) is 14.9. The van der Waals surface area contributed by atoms with Crippen molar-refractivity contribution in [2.45, 2.75) is 31.7 Å². The van der Waals surface area contributed by atoms with Crippen molar-refractivity contribution in [3.05, 3.63) is 0 Å². The summed E-state index contributed by atoms with van der Waals surface area (Å²) in [6.07, 6.45) is 4.83. The molecular weight excluding hydrogens is 216 g/mol. The molecular formula is C13H28N2O2. The summed E-state index contributed by atoms with van der Waals surface area (Å²) < 4.78 is 10.1. The van der Waals surface area contributed by atoms with Crippen molar-refractivity contribution < 1.29 is 9.47 Å². The van der Waals surface area contributed by atoms with Crippen molar-refractivity contribution in [3.8, 4) is 0 Å². The molecule has 1 saturated heterocycles. The molecule has 4 nitrogen and oxygen atoms in total. The molecule has 1 heterocycles. The first-order valence-corrected chi connectivity index (χ1v) is 6.80. The summed E-state index contributed by atoms with van der Waals surface area (Å²) in [6.45, 7) is 6.47. The van der Waals surface area contributed by atoms with Crippen LogP contribution in [0.15, 0.2) is 0 Å². The molecule has 1 aliphatic heterocycles. The van der Waals surface area contributed by atoms with E-state index in [1.165, 1.54) is 32.5 Å². The van der Waals surface area contributed by atoms with Gasteiger partial charge in [-0.1, -0.05) is 0 Å². The molecule has 4 heteroatoms. The van der Waals surface area contributed by atoms with Gasteiger partial charge in [-0.3, -0.25) is 0 Å². The molecule has 1 rings (SSSR count). The minimum absolute atomic E-state index is 0.713. The van der Waals surface area contributed by atoms with Crippen molar-refractivity contribution in [1.29, 1.82) is 0 Å². The van der Waals surface area contributed by atoms with Gasteiger partial charge in [-0.05, 0) is 45.3 Å². The number of nitrogens with zero attached hydrogens (tertiary/aromatic N) is 1. The normalized spacial score (nSPS) is 18.7. The molecule has 0 aromatic carbocycles. The number of ether oxygens (including phenoxy) is 2. The van der Waals surface area contributed by atoms with E-state index in [1.54, 1.807) is 14.2 Å². The summed E-state index contributed by atoms with van der Waals surface area (Å²) in [6, 6.07) is 0.713. The Labute approximate surface area is 106 Å². The highest BCUT2D eigenvalue weighted by Gasteiger charge is 2.17. The van der Waals surface area contributed by atoms with E-state index in [9.17, 15) is 0 Å². The maximum Gasteiger partial charge on any atom is 0.0474 e. The molecule has 0 aliphatic carbocycles. The van der Waals surface area contributed by atoms with Gasteiger partial charge in [0.25, 0.3) is 0 Å². The summed E-state index contributed by atoms with van der Waals surface area (Å²) in [5, 5.41) is 3.61. The molecule has 0 radical (unpaired) electrons. The number of piperidine rings is 1. The summed E-state index contributed by atoms with van der Waals surface area (Å²) in [5.74, 6) is 0. The Kier molecular flexibility index (Phi) is 8.61. The predicted molar refractivity (Wildman–Crippen MR) is 70.5 cm³/mol. The standard InChI is InChI=1S/C13H28N2O2/c1-16-11-3-7-14-13-5-9-15(10-6-13)8-4-12-17-2/h13-14H,3-12H2,1-2H3. The highest BCUT2D eigenvalue weighted by molar-refractivity contribution is 4.76. The zero-order chi connectivity index (χ0) is 12.3. The first-order chi connectivity index (χ1) is 8.36. The van der Waals surface area contributed by atoms with Gasteiger partial charge in [0, 0.05) is 40.0 Å². The minimum Gasteiger partial charge on any atom is -0.385 e. The molecule has 1 N–H and O–H groups in total. The Balaban J connectivity index is 1.97. The minimum atomic E-state index is 0.713. The third-order valence-electron chi connectivity index (χ3n) is 3.37. The van der Waals surface area contributed by atoms with E-state index in [0.717, 1.165) is 32.6 Å². The molecule has 0 amide bonds. The highest BCUT2D eigenvalue weighted by Crippen LogP contribution is 2.10. The smallest absolute Gasteiger partial charge is 0.0474 e. The van der Waals surface area contributed by atoms with Gasteiger partial charge in [0.1, 0.15) is 0 Å². The summed E-state index contributed by atoms with van der Waals surface area (Å²) in [7, 11) is 3.54. The lowest BCUT2D eigenvalue weighted by atomic mass is 10.0. The van der Waals surface area contributed by atoms with Crippen LogP contribution in [0, 0.1) is 0 Å². The van der Waals surface area contributed by atoms with Crippen molar-refractivity contribution in [1.82, 2.24) is 10.2 Å². The summed E-state index contributed by atoms with van der Waals surface area (Å²) in [4.78, 5) is 2.55. The molecule has 0 unspecified atom stereocenters. The van der Waals surface area contributed by atoms with E-state index in [2.05, 4.69) is 10.2 Å². The lowest BCUT2D eigenvalue weighted by Gasteiger charge is -2.32. The molecule has 0 bridgehead atoms. The second-order valence-electron chi connectivity index (χ2n) is 4.76. The summed E-state index contributed by atoms with van der Waals surface area (Å²) in [5.41, 5.74) is 0. The van der Waals surface area contributed by atoms with Crippen LogP contribution in [0.3, 0.4) is 0 Å². The van der Waals surface area contributed by atoms with E-state index in [4.69, 9.17) is 9.47 Å². The quantitative estimate of drug-likeness (QED) is 0.616. The Bertz CT molecular complexity index is 171. The van der Waals surface area contributed by atoms with Gasteiger partial charge in [-0.15, -0.1) is 0 Å². The van der Waals surface area contributed by atoms with Crippen LogP contribution in [0.4, 0.5) is 0 Å². The Morgan fingerprint density at radius 1 is 1.06 bits per heavy atom. The molecule has 0 aromatic rings. The number of likely N-dealkylation sites (tertiary alicyclic amines) is 1. The van der Waals surface area contributed by atoms with E-state index in [0.29, 0.717) is 6.04 Å². The second-order valence-corrected chi connectivity index (χ2v) is 4.76. The maximum atomic E-state index is 5.08. The molecule has 0 atom stereocenters. The topological polar surface area (TPSA) is 33.7 Å². The van der Waals surface area contributed by atoms with Gasteiger partial charge in [-0.2, -0.15) is 0 Å². The molecule has 0 saturated carbocycles. The average molecular weight is 244 g/mol. The summed E-state index contributed by atoms with van der Waals surface area (Å²) >= 11 is 0. The van der Waals surface area contributed by atoms with Crippen LogP contribution < -0.4 is 5.32 Å². The van der Waals surface area contributed by atoms with Gasteiger partial charge in [-0.25, -0.2) is 0 Å². The van der Waals surface area contributed by atoms with Crippen molar-refractivity contribution in [3.63, 3.8) is 0 Å². The van der Waals surface area contributed by atoms with Gasteiger partial charge in [0.2, 0.25) is 0 Å². The molecule has 1 aliphatic rings. The second kappa shape index (κ2) is 9.83. The van der Waals surface area contributed by atoms with Crippen molar-refractivity contribution in [2.75, 3.05) is 53.6 Å². The predicted octanol–water partition coefficient (Wildman–Crippen LogP) is 1.11. The number of methoxy groups -OCH3 is 2. The molecule has 0 aromatic heterocycles. The Morgan fingerprint density at radius 2 is 1.71 bits per heavy atom. The average Bonchev–Trinajstić information content (AvgIpc) is 2.37. The van der Waals surface area contributed by atoms with E-state index >= 15 is 0 Å². The fourth-order valence-corrected chi connectivity index (χ4v) is 2.32. The van der Waals surface area contributed by atoms with Crippen LogP contribution in [-0.4, -0.2) is 64.6 Å². The van der Waals surface area contributed by atoms with E-state index in [1.807, 2.05) is 0 Å². The first-order valence-electron chi connectivity index (χ1n) is 6.80. The molecule has 0 spiro atoms. The van der Waals surface area contributed by atoms with E-state index < -0.39 is 0 Å². The fourth-order valence-electron chi connectivity index (χ4n) is 2.32. The van der Waals surface area contributed by atoms with Crippen molar-refractivity contribution in [2.24, 2.45) is 0 Å². The van der Waals surface area contributed by atoms with Crippen molar-refractivity contribution >= 4 is 0 Å². The molecule has 17 heavy (non-hydrogen) atoms. The van der Waals surface area contributed by atoms with Crippen LogP contribution >= 0.6 is 0 Å². The molecule has 1 fully saturated rings. The zero-order valence-electron chi connectivity index (χ0n) is 11.4. The van der Waals surface area contributed by atoms with Crippen LogP contribution in [0.25, 0.3) is 0 Å². The number of nitrogens with one attached hydrogen (secondary N) is 1.